The third-order valence-corrected chi connectivity index (χ3v) is 5.53. The zero-order chi connectivity index (χ0) is 14.7. The second-order valence-corrected chi connectivity index (χ2v) is 7.29. The molecule has 20 heavy (non-hydrogen) atoms. The summed E-state index contributed by atoms with van der Waals surface area (Å²) in [5.41, 5.74) is 5.51. The molecule has 0 aromatic rings. The number of nitrogens with zero attached hydrogens (tertiary/aromatic N) is 2. The Kier molecular flexibility index (Phi) is 7.40. The van der Waals surface area contributed by atoms with Gasteiger partial charge in [-0.2, -0.15) is 17.0 Å². The van der Waals surface area contributed by atoms with Gasteiger partial charge in [-0.25, -0.2) is 0 Å². The Bertz CT molecular complexity index is 431. The number of ether oxygens (including phenoxy) is 1. The first-order valence-electron chi connectivity index (χ1n) is 6.23. The Morgan fingerprint density at radius 1 is 1.50 bits per heavy atom. The summed E-state index contributed by atoms with van der Waals surface area (Å²) in [6.07, 6.45) is 0.807. The molecule has 2 N–H and O–H groups in total. The number of hydrogen-bond donors (Lipinski definition) is 1. The van der Waals surface area contributed by atoms with E-state index in [1.807, 2.05) is 6.92 Å². The first-order valence-corrected chi connectivity index (χ1v) is 7.63. The van der Waals surface area contributed by atoms with Crippen LogP contribution in [0.4, 0.5) is 0 Å². The van der Waals surface area contributed by atoms with Crippen molar-refractivity contribution in [3.8, 4) is 0 Å². The molecule has 1 saturated heterocycles. The van der Waals surface area contributed by atoms with E-state index in [2.05, 4.69) is 4.74 Å². The highest BCUT2D eigenvalue weighted by Gasteiger charge is 2.39. The molecule has 0 bridgehead atoms. The predicted molar refractivity (Wildman–Crippen MR) is 78.8 cm³/mol. The van der Waals surface area contributed by atoms with Crippen LogP contribution >= 0.6 is 12.4 Å². The summed E-state index contributed by atoms with van der Waals surface area (Å²) in [5.74, 6) is -0.421. The first kappa shape index (κ1) is 19.6. The Morgan fingerprint density at radius 3 is 2.55 bits per heavy atom. The second-order valence-electron chi connectivity index (χ2n) is 5.25. The Labute approximate surface area is 127 Å². The Balaban J connectivity index is 0.00000361. The van der Waals surface area contributed by atoms with Crippen LogP contribution in [0.3, 0.4) is 0 Å². The van der Waals surface area contributed by atoms with E-state index in [1.54, 1.807) is 0 Å². The highest BCUT2D eigenvalue weighted by atomic mass is 35.5. The van der Waals surface area contributed by atoms with Crippen LogP contribution in [0.15, 0.2) is 0 Å². The van der Waals surface area contributed by atoms with E-state index in [1.165, 1.54) is 22.8 Å². The summed E-state index contributed by atoms with van der Waals surface area (Å²) >= 11 is 0. The number of carbonyl (C=O) groups is 1. The van der Waals surface area contributed by atoms with Gasteiger partial charge in [0.05, 0.1) is 13.5 Å². The molecule has 0 radical (unpaired) electrons. The van der Waals surface area contributed by atoms with Gasteiger partial charge in [-0.3, -0.25) is 4.79 Å². The van der Waals surface area contributed by atoms with E-state index in [-0.39, 0.29) is 30.8 Å². The van der Waals surface area contributed by atoms with Crippen LogP contribution in [0, 0.1) is 5.41 Å². The van der Waals surface area contributed by atoms with Crippen molar-refractivity contribution in [3.05, 3.63) is 0 Å². The standard InChI is InChI=1S/C11H23N3O4S.ClH/c1-11(8-12)5-7-14(9-11)19(16,17)13(2)6-4-10(15)18-3;/h4-9,12H2,1-3H3;1H. The lowest BCUT2D eigenvalue weighted by Crippen LogP contribution is -2.43. The number of nitrogens with two attached hydrogens (primary N) is 1. The van der Waals surface area contributed by atoms with Crippen molar-refractivity contribution in [3.63, 3.8) is 0 Å². The maximum Gasteiger partial charge on any atom is 0.306 e. The molecule has 0 aromatic heterocycles. The lowest BCUT2D eigenvalue weighted by Gasteiger charge is -2.26. The van der Waals surface area contributed by atoms with E-state index in [0.29, 0.717) is 19.6 Å². The Hall–Kier alpha value is -0.410. The molecule has 1 aliphatic heterocycles. The molecule has 0 amide bonds. The van der Waals surface area contributed by atoms with E-state index in [9.17, 15) is 13.2 Å². The van der Waals surface area contributed by atoms with Crippen LogP contribution in [0.1, 0.15) is 19.8 Å². The summed E-state index contributed by atoms with van der Waals surface area (Å²) in [7, 11) is -0.770. The average molecular weight is 330 g/mol. The summed E-state index contributed by atoms with van der Waals surface area (Å²) in [6.45, 7) is 3.46. The summed E-state index contributed by atoms with van der Waals surface area (Å²) < 4.78 is 31.7. The molecule has 0 aromatic carbocycles. The molecule has 1 atom stereocenters. The van der Waals surface area contributed by atoms with Crippen LogP contribution in [0.5, 0.6) is 0 Å². The van der Waals surface area contributed by atoms with E-state index >= 15 is 0 Å². The largest absolute Gasteiger partial charge is 0.469 e. The van der Waals surface area contributed by atoms with Gasteiger partial charge in [0.2, 0.25) is 0 Å². The minimum Gasteiger partial charge on any atom is -0.469 e. The zero-order valence-corrected chi connectivity index (χ0v) is 13.8. The molecule has 0 spiro atoms. The van der Waals surface area contributed by atoms with E-state index in [0.717, 1.165) is 6.42 Å². The molecule has 120 valence electrons. The quantitative estimate of drug-likeness (QED) is 0.682. The van der Waals surface area contributed by atoms with Crippen molar-refractivity contribution in [2.45, 2.75) is 19.8 Å². The summed E-state index contributed by atoms with van der Waals surface area (Å²) in [6, 6.07) is 0. The number of rotatable bonds is 6. The van der Waals surface area contributed by atoms with Crippen molar-refractivity contribution in [2.24, 2.45) is 11.1 Å². The lowest BCUT2D eigenvalue weighted by atomic mass is 9.90. The van der Waals surface area contributed by atoms with E-state index < -0.39 is 16.2 Å². The van der Waals surface area contributed by atoms with Gasteiger partial charge >= 0.3 is 5.97 Å². The average Bonchev–Trinajstić information content (AvgIpc) is 2.79. The Morgan fingerprint density at radius 2 is 2.10 bits per heavy atom. The third-order valence-electron chi connectivity index (χ3n) is 3.59. The van der Waals surface area contributed by atoms with E-state index in [4.69, 9.17) is 5.73 Å². The molecule has 1 rings (SSSR count). The molecule has 1 fully saturated rings. The zero-order valence-electron chi connectivity index (χ0n) is 12.2. The van der Waals surface area contributed by atoms with Crippen molar-refractivity contribution >= 4 is 28.6 Å². The van der Waals surface area contributed by atoms with Crippen LogP contribution in [-0.2, 0) is 19.7 Å². The fourth-order valence-corrected chi connectivity index (χ4v) is 3.52. The number of methoxy groups -OCH3 is 1. The first-order chi connectivity index (χ1) is 8.75. The van der Waals surface area contributed by atoms with Crippen molar-refractivity contribution in [2.75, 3.05) is 40.3 Å². The van der Waals surface area contributed by atoms with Crippen LogP contribution in [0.25, 0.3) is 0 Å². The molecule has 9 heteroatoms. The third kappa shape index (κ3) is 4.56. The molecule has 1 unspecified atom stereocenters. The molecule has 1 aliphatic rings. The topological polar surface area (TPSA) is 92.9 Å². The lowest BCUT2D eigenvalue weighted by molar-refractivity contribution is -0.140. The highest BCUT2D eigenvalue weighted by molar-refractivity contribution is 7.86. The maximum atomic E-state index is 12.3. The van der Waals surface area contributed by atoms with Crippen molar-refractivity contribution in [1.29, 1.82) is 0 Å². The summed E-state index contributed by atoms with van der Waals surface area (Å²) in [4.78, 5) is 11.0. The van der Waals surface area contributed by atoms with Crippen molar-refractivity contribution in [1.82, 2.24) is 8.61 Å². The van der Waals surface area contributed by atoms with Crippen LogP contribution < -0.4 is 5.73 Å². The molecular weight excluding hydrogens is 306 g/mol. The molecular formula is C11H24ClN3O4S. The predicted octanol–water partition coefficient (Wildman–Crippen LogP) is -0.181. The minimum absolute atomic E-state index is 0. The number of carbonyl (C=O) groups excluding carboxylic acids is 1. The molecule has 0 aliphatic carbocycles. The number of esters is 1. The fraction of sp³-hybridized carbons (Fsp3) is 0.909. The SMILES string of the molecule is COC(=O)CCN(C)S(=O)(=O)N1CCC(C)(CN)C1.Cl. The van der Waals surface area contributed by atoms with Gasteiger partial charge in [0.25, 0.3) is 10.2 Å². The normalized spacial score (nSPS) is 23.6. The van der Waals surface area contributed by atoms with Crippen LogP contribution in [-0.4, -0.2) is 63.3 Å². The monoisotopic (exact) mass is 329 g/mol. The van der Waals surface area contributed by atoms with Crippen LogP contribution in [0.2, 0.25) is 0 Å². The van der Waals surface area contributed by atoms with Gasteiger partial charge in [0.15, 0.2) is 0 Å². The molecule has 1 heterocycles. The van der Waals surface area contributed by atoms with Gasteiger partial charge in [0.1, 0.15) is 0 Å². The smallest absolute Gasteiger partial charge is 0.306 e. The maximum absolute atomic E-state index is 12.3. The number of hydrogen-bond acceptors (Lipinski definition) is 5. The minimum atomic E-state index is -3.52. The van der Waals surface area contributed by atoms with Gasteiger partial charge in [-0.05, 0) is 18.4 Å². The number of halogens is 1. The second kappa shape index (κ2) is 7.56. The van der Waals surface area contributed by atoms with Gasteiger partial charge < -0.3 is 10.5 Å². The van der Waals surface area contributed by atoms with Gasteiger partial charge in [0, 0.05) is 26.7 Å². The highest BCUT2D eigenvalue weighted by Crippen LogP contribution is 2.30. The van der Waals surface area contributed by atoms with Gasteiger partial charge in [-0.1, -0.05) is 6.92 Å². The van der Waals surface area contributed by atoms with Gasteiger partial charge in [-0.15, -0.1) is 12.4 Å². The molecule has 0 saturated carbocycles. The summed E-state index contributed by atoms with van der Waals surface area (Å²) in [5, 5.41) is 0. The van der Waals surface area contributed by atoms with Crippen molar-refractivity contribution < 1.29 is 17.9 Å². The molecule has 7 nitrogen and oxygen atoms in total. The fourth-order valence-electron chi connectivity index (χ4n) is 2.01.